The molecule has 0 radical (unpaired) electrons. The first-order chi connectivity index (χ1) is 11.6. The molecule has 2 fully saturated rings. The van der Waals surface area contributed by atoms with E-state index in [-0.39, 0.29) is 23.3 Å². The van der Waals surface area contributed by atoms with Gasteiger partial charge in [-0.15, -0.1) is 11.3 Å². The van der Waals surface area contributed by atoms with Crippen molar-refractivity contribution in [2.45, 2.75) is 25.3 Å². The van der Waals surface area contributed by atoms with E-state index in [0.29, 0.717) is 13.0 Å². The molecule has 2 aliphatic rings. The molecule has 1 aliphatic heterocycles. The van der Waals surface area contributed by atoms with Crippen LogP contribution in [0.25, 0.3) is 10.1 Å². The normalized spacial score (nSPS) is 21.2. The summed E-state index contributed by atoms with van der Waals surface area (Å²) in [5.74, 6) is 0.00765. The largest absolute Gasteiger partial charge is 0.347 e. The highest BCUT2D eigenvalue weighted by atomic mass is 32.1. The Hall–Kier alpha value is -2.14. The molecular weight excluding hydrogens is 320 g/mol. The molecule has 2 amide bonds. The lowest BCUT2D eigenvalue weighted by atomic mass is 10.0. The Balaban J connectivity index is 1.45. The van der Waals surface area contributed by atoms with E-state index in [2.05, 4.69) is 30.1 Å². The first kappa shape index (κ1) is 15.4. The second-order valence-electron chi connectivity index (χ2n) is 6.83. The zero-order valence-corrected chi connectivity index (χ0v) is 14.3. The number of hydrogen-bond donors (Lipinski definition) is 1. The minimum atomic E-state index is -0.148. The van der Waals surface area contributed by atoms with Gasteiger partial charge in [-0.25, -0.2) is 0 Å². The Morgan fingerprint density at radius 2 is 2.17 bits per heavy atom. The van der Waals surface area contributed by atoms with Gasteiger partial charge in [-0.2, -0.15) is 0 Å². The first-order valence-electron chi connectivity index (χ1n) is 8.28. The maximum absolute atomic E-state index is 12.7. The fraction of sp³-hybridized carbons (Fsp3) is 0.368. The number of thiophene rings is 1. The minimum absolute atomic E-state index is 0.0642. The Morgan fingerprint density at radius 3 is 2.88 bits per heavy atom. The highest BCUT2D eigenvalue weighted by Crippen LogP contribution is 2.52. The molecule has 24 heavy (non-hydrogen) atoms. The summed E-state index contributed by atoms with van der Waals surface area (Å²) in [6.07, 6.45) is 3.92. The molecule has 1 saturated carbocycles. The van der Waals surface area contributed by atoms with Crippen LogP contribution in [0.2, 0.25) is 0 Å². The average molecular weight is 340 g/mol. The van der Waals surface area contributed by atoms with Crippen LogP contribution in [-0.2, 0) is 16.0 Å². The van der Waals surface area contributed by atoms with Gasteiger partial charge in [0, 0.05) is 28.1 Å². The minimum Gasteiger partial charge on any atom is -0.347 e. The molecule has 5 heteroatoms. The second-order valence-corrected chi connectivity index (χ2v) is 8.00. The molecule has 4 rings (SSSR count). The molecule has 2 aromatic rings. The molecule has 1 aromatic heterocycles. The quantitative estimate of drug-likeness (QED) is 0.870. The van der Waals surface area contributed by atoms with Gasteiger partial charge in [0.1, 0.15) is 0 Å². The number of rotatable bonds is 4. The highest BCUT2D eigenvalue weighted by Gasteiger charge is 2.56. The van der Waals surface area contributed by atoms with Gasteiger partial charge < -0.3 is 10.2 Å². The summed E-state index contributed by atoms with van der Waals surface area (Å²) in [4.78, 5) is 27.4. The van der Waals surface area contributed by atoms with Gasteiger partial charge in [0.25, 0.3) is 0 Å². The molecule has 1 aliphatic carbocycles. The molecule has 1 N–H and O–H groups in total. The zero-order valence-electron chi connectivity index (χ0n) is 13.5. The molecule has 124 valence electrons. The number of benzene rings is 1. The number of hydrogen-bond acceptors (Lipinski definition) is 3. The van der Waals surface area contributed by atoms with Crippen molar-refractivity contribution in [2.24, 2.45) is 5.41 Å². The van der Waals surface area contributed by atoms with E-state index in [1.807, 2.05) is 17.0 Å². The molecule has 1 spiro atoms. The number of carbonyl (C=O) groups excluding carboxylic acids is 2. The van der Waals surface area contributed by atoms with Crippen LogP contribution < -0.4 is 5.32 Å². The molecule has 4 nitrogen and oxygen atoms in total. The number of likely N-dealkylation sites (tertiary alicyclic amines) is 1. The maximum atomic E-state index is 12.7. The molecule has 1 aromatic carbocycles. The van der Waals surface area contributed by atoms with Gasteiger partial charge in [-0.1, -0.05) is 24.8 Å². The molecule has 1 unspecified atom stereocenters. The van der Waals surface area contributed by atoms with E-state index in [1.165, 1.54) is 16.2 Å². The molecule has 0 bridgehead atoms. The summed E-state index contributed by atoms with van der Waals surface area (Å²) >= 11 is 1.68. The van der Waals surface area contributed by atoms with E-state index in [9.17, 15) is 9.59 Å². The zero-order chi connectivity index (χ0) is 16.7. The number of nitrogens with zero attached hydrogens (tertiary/aromatic N) is 1. The van der Waals surface area contributed by atoms with Gasteiger partial charge in [0.05, 0.1) is 12.5 Å². The van der Waals surface area contributed by atoms with Gasteiger partial charge in [-0.3, -0.25) is 9.59 Å². The van der Waals surface area contributed by atoms with Crippen LogP contribution >= 0.6 is 11.3 Å². The van der Waals surface area contributed by atoms with Crippen molar-refractivity contribution < 1.29 is 9.59 Å². The van der Waals surface area contributed by atoms with Crippen molar-refractivity contribution in [3.8, 4) is 0 Å². The van der Waals surface area contributed by atoms with Gasteiger partial charge in [0.15, 0.2) is 0 Å². The van der Waals surface area contributed by atoms with Crippen LogP contribution in [0, 0.1) is 5.41 Å². The summed E-state index contributed by atoms with van der Waals surface area (Å²) in [7, 11) is 0. The van der Waals surface area contributed by atoms with Crippen molar-refractivity contribution in [3.63, 3.8) is 0 Å². The third kappa shape index (κ3) is 2.73. The summed E-state index contributed by atoms with van der Waals surface area (Å²) < 4.78 is 1.22. The highest BCUT2D eigenvalue weighted by molar-refractivity contribution is 7.19. The molecule has 1 atom stereocenters. The van der Waals surface area contributed by atoms with E-state index in [0.717, 1.165) is 24.3 Å². The first-order valence-corrected chi connectivity index (χ1v) is 9.09. The fourth-order valence-corrected chi connectivity index (χ4v) is 4.70. The number of carbonyl (C=O) groups is 2. The lowest BCUT2D eigenvalue weighted by Gasteiger charge is -2.17. The smallest absolute Gasteiger partial charge is 0.243 e. The van der Waals surface area contributed by atoms with Crippen LogP contribution in [0.1, 0.15) is 17.7 Å². The van der Waals surface area contributed by atoms with Crippen molar-refractivity contribution >= 4 is 33.2 Å². The predicted octanol–water partition coefficient (Wildman–Crippen LogP) is 2.74. The summed E-state index contributed by atoms with van der Waals surface area (Å²) in [6.45, 7) is 4.89. The van der Waals surface area contributed by atoms with Gasteiger partial charge >= 0.3 is 0 Å². The fourth-order valence-electron chi connectivity index (χ4n) is 3.64. The van der Waals surface area contributed by atoms with Crippen LogP contribution in [0.4, 0.5) is 0 Å². The van der Waals surface area contributed by atoms with Crippen LogP contribution in [0.15, 0.2) is 43.0 Å². The Morgan fingerprint density at radius 1 is 1.38 bits per heavy atom. The van der Waals surface area contributed by atoms with Crippen LogP contribution in [0.3, 0.4) is 0 Å². The number of nitrogens with one attached hydrogen (secondary N) is 1. The van der Waals surface area contributed by atoms with Gasteiger partial charge in [0.2, 0.25) is 11.8 Å². The van der Waals surface area contributed by atoms with Crippen molar-refractivity contribution in [2.75, 3.05) is 13.1 Å². The van der Waals surface area contributed by atoms with Crippen molar-refractivity contribution in [1.29, 1.82) is 0 Å². The topological polar surface area (TPSA) is 49.4 Å². The van der Waals surface area contributed by atoms with Crippen LogP contribution in [0.5, 0.6) is 0 Å². The van der Waals surface area contributed by atoms with E-state index < -0.39 is 0 Å². The lowest BCUT2D eigenvalue weighted by molar-refractivity contribution is -0.129. The Labute approximate surface area is 145 Å². The third-order valence-electron chi connectivity index (χ3n) is 5.20. The Bertz CT molecular complexity index is 789. The lowest BCUT2D eigenvalue weighted by Crippen LogP contribution is -2.41. The van der Waals surface area contributed by atoms with E-state index >= 15 is 0 Å². The van der Waals surface area contributed by atoms with E-state index in [1.54, 1.807) is 11.3 Å². The summed E-state index contributed by atoms with van der Waals surface area (Å²) in [5.41, 5.74) is 0.106. The van der Waals surface area contributed by atoms with Gasteiger partial charge in [-0.05, 0) is 36.4 Å². The monoisotopic (exact) mass is 340 g/mol. The number of amides is 2. The maximum Gasteiger partial charge on any atom is 0.243 e. The third-order valence-corrected chi connectivity index (χ3v) is 6.31. The number of fused-ring (bicyclic) bond motifs is 1. The summed E-state index contributed by atoms with van der Waals surface area (Å²) in [5, 5.41) is 4.20. The molecular formula is C19H20N2O2S. The van der Waals surface area contributed by atoms with E-state index in [4.69, 9.17) is 0 Å². The molecule has 1 saturated heterocycles. The SMILES string of the molecule is C=CC(=O)NC1CN(C(=O)Cc2cc3ccccc3s2)CC12CC2. The second kappa shape index (κ2) is 5.74. The van der Waals surface area contributed by atoms with Crippen molar-refractivity contribution in [3.05, 3.63) is 47.9 Å². The molecule has 2 heterocycles. The van der Waals surface area contributed by atoms with Crippen molar-refractivity contribution in [1.82, 2.24) is 10.2 Å². The van der Waals surface area contributed by atoms with Crippen LogP contribution in [-0.4, -0.2) is 35.8 Å². The Kier molecular flexibility index (Phi) is 3.68. The summed E-state index contributed by atoms with van der Waals surface area (Å²) in [6, 6.07) is 10.4. The standard InChI is InChI=1S/C19H20N2O2S/c1-2-17(22)20-16-11-21(12-19(16)7-8-19)18(23)10-14-9-13-5-3-4-6-15(13)24-14/h2-6,9,16H,1,7-8,10-12H2,(H,20,22). The predicted molar refractivity (Wildman–Crippen MR) is 95.9 cm³/mol. The average Bonchev–Trinajstić information content (AvgIpc) is 3.09.